The molecule has 0 aliphatic rings. The van der Waals surface area contributed by atoms with E-state index in [9.17, 15) is 0 Å². The molecule has 0 atom stereocenters. The number of rotatable bonds is 5. The maximum absolute atomic E-state index is 5.93. The molecule has 1 aromatic carbocycles. The second kappa shape index (κ2) is 6.83. The number of aromatic nitrogens is 2. The van der Waals surface area contributed by atoms with Crippen LogP contribution in [0.3, 0.4) is 0 Å². The molecule has 0 unspecified atom stereocenters. The highest BCUT2D eigenvalue weighted by Crippen LogP contribution is 2.21. The van der Waals surface area contributed by atoms with Crippen LogP contribution in [0.5, 0.6) is 0 Å². The highest BCUT2D eigenvalue weighted by atomic mass is 35.5. The van der Waals surface area contributed by atoms with Gasteiger partial charge < -0.3 is 5.32 Å². The fourth-order valence-electron chi connectivity index (χ4n) is 1.31. The molecule has 0 spiro atoms. The van der Waals surface area contributed by atoms with Crippen molar-refractivity contribution in [3.8, 4) is 0 Å². The van der Waals surface area contributed by atoms with Gasteiger partial charge in [0.25, 0.3) is 0 Å². The summed E-state index contributed by atoms with van der Waals surface area (Å²) in [5.41, 5.74) is 0. The summed E-state index contributed by atoms with van der Waals surface area (Å²) in [5, 5.41) is 4.46. The summed E-state index contributed by atoms with van der Waals surface area (Å²) in [6.45, 7) is 0.782. The van der Waals surface area contributed by atoms with Crippen molar-refractivity contribution >= 4 is 40.8 Å². The van der Waals surface area contributed by atoms with E-state index in [-0.39, 0.29) is 0 Å². The molecule has 3 nitrogen and oxygen atoms in total. The third-order valence-corrected chi connectivity index (χ3v) is 3.69. The topological polar surface area (TPSA) is 37.8 Å². The Morgan fingerprint density at radius 3 is 2.67 bits per heavy atom. The molecule has 2 aromatic rings. The fourth-order valence-corrected chi connectivity index (χ4v) is 2.38. The van der Waals surface area contributed by atoms with Crippen molar-refractivity contribution in [2.45, 2.75) is 4.90 Å². The molecule has 0 amide bonds. The van der Waals surface area contributed by atoms with E-state index >= 15 is 0 Å². The molecule has 0 saturated heterocycles. The third kappa shape index (κ3) is 4.05. The molecule has 6 heteroatoms. The van der Waals surface area contributed by atoms with Gasteiger partial charge in [0.05, 0.1) is 6.20 Å². The second-order valence-electron chi connectivity index (χ2n) is 3.45. The molecule has 18 heavy (non-hydrogen) atoms. The van der Waals surface area contributed by atoms with Crippen LogP contribution in [0.2, 0.25) is 10.0 Å². The number of thioether (sulfide) groups is 1. The smallest absolute Gasteiger partial charge is 0.148 e. The van der Waals surface area contributed by atoms with Crippen LogP contribution in [-0.2, 0) is 0 Å². The van der Waals surface area contributed by atoms with E-state index < -0.39 is 0 Å². The van der Waals surface area contributed by atoms with E-state index in [1.54, 1.807) is 18.0 Å². The van der Waals surface area contributed by atoms with E-state index in [4.69, 9.17) is 23.2 Å². The Morgan fingerprint density at radius 2 is 1.94 bits per heavy atom. The summed E-state index contributed by atoms with van der Waals surface area (Å²) in [4.78, 5) is 9.07. The maximum Gasteiger partial charge on any atom is 0.148 e. The molecule has 0 bridgehead atoms. The number of hydrogen-bond acceptors (Lipinski definition) is 4. The number of nitrogens with one attached hydrogen (secondary N) is 1. The van der Waals surface area contributed by atoms with Crippen molar-refractivity contribution in [3.63, 3.8) is 0 Å². The minimum Gasteiger partial charge on any atom is -0.368 e. The first-order valence-corrected chi connectivity index (χ1v) is 7.07. The zero-order chi connectivity index (χ0) is 12.8. The Hall–Kier alpha value is -0.970. The van der Waals surface area contributed by atoms with Gasteiger partial charge in [0.2, 0.25) is 0 Å². The third-order valence-electron chi connectivity index (χ3n) is 2.14. The first kappa shape index (κ1) is 13.5. The Kier molecular flexibility index (Phi) is 5.11. The van der Waals surface area contributed by atoms with E-state index in [0.29, 0.717) is 10.8 Å². The van der Waals surface area contributed by atoms with Gasteiger partial charge in [-0.2, -0.15) is 0 Å². The highest BCUT2D eigenvalue weighted by Gasteiger charge is 2.00. The standard InChI is InChI=1S/C12H11Cl2N3S/c13-9-1-3-10(4-2-9)18-6-5-16-12-11(14)7-15-8-17-12/h1-4,7-8H,5-6H2,(H,15,16,17). The fraction of sp³-hybridized carbons (Fsp3) is 0.167. The number of hydrogen-bond donors (Lipinski definition) is 1. The Labute approximate surface area is 120 Å². The highest BCUT2D eigenvalue weighted by molar-refractivity contribution is 7.99. The molecule has 0 saturated carbocycles. The molecular formula is C12H11Cl2N3S. The molecule has 0 fully saturated rings. The molecule has 2 rings (SSSR count). The predicted molar refractivity (Wildman–Crippen MR) is 77.7 cm³/mol. The molecule has 1 aromatic heterocycles. The van der Waals surface area contributed by atoms with E-state index in [1.807, 2.05) is 24.3 Å². The van der Waals surface area contributed by atoms with Crippen molar-refractivity contribution in [3.05, 3.63) is 46.8 Å². The van der Waals surface area contributed by atoms with Crippen LogP contribution in [0.25, 0.3) is 0 Å². The lowest BCUT2D eigenvalue weighted by Crippen LogP contribution is -2.06. The van der Waals surface area contributed by atoms with Gasteiger partial charge in [-0.25, -0.2) is 9.97 Å². The van der Waals surface area contributed by atoms with Crippen molar-refractivity contribution in [1.29, 1.82) is 0 Å². The van der Waals surface area contributed by atoms with Crippen LogP contribution in [0.15, 0.2) is 41.7 Å². The van der Waals surface area contributed by atoms with Crippen LogP contribution >= 0.6 is 35.0 Å². The monoisotopic (exact) mass is 299 g/mol. The first-order valence-electron chi connectivity index (χ1n) is 5.33. The number of benzene rings is 1. The van der Waals surface area contributed by atoms with Gasteiger partial charge in [0.1, 0.15) is 17.2 Å². The van der Waals surface area contributed by atoms with Gasteiger partial charge >= 0.3 is 0 Å². The number of nitrogens with zero attached hydrogens (tertiary/aromatic N) is 2. The zero-order valence-corrected chi connectivity index (χ0v) is 11.8. The molecule has 0 aliphatic carbocycles. The average Bonchev–Trinajstić information content (AvgIpc) is 2.39. The summed E-state index contributed by atoms with van der Waals surface area (Å²) in [7, 11) is 0. The average molecular weight is 300 g/mol. The molecule has 94 valence electrons. The van der Waals surface area contributed by atoms with Crippen LogP contribution < -0.4 is 5.32 Å². The number of anilines is 1. The van der Waals surface area contributed by atoms with Gasteiger partial charge in [-0.15, -0.1) is 11.8 Å². The SMILES string of the molecule is Clc1ccc(SCCNc2ncncc2Cl)cc1. The summed E-state index contributed by atoms with van der Waals surface area (Å²) >= 11 is 13.5. The zero-order valence-electron chi connectivity index (χ0n) is 9.44. The van der Waals surface area contributed by atoms with Crippen molar-refractivity contribution in [1.82, 2.24) is 9.97 Å². The Morgan fingerprint density at radius 1 is 1.17 bits per heavy atom. The molecule has 0 radical (unpaired) electrons. The van der Waals surface area contributed by atoms with Gasteiger partial charge in [0, 0.05) is 22.2 Å². The Balaban J connectivity index is 1.76. The lowest BCUT2D eigenvalue weighted by Gasteiger charge is -2.06. The lowest BCUT2D eigenvalue weighted by molar-refractivity contribution is 1.12. The Bertz CT molecular complexity index is 505. The normalized spacial score (nSPS) is 10.3. The molecule has 1 heterocycles. The van der Waals surface area contributed by atoms with Crippen LogP contribution in [0.1, 0.15) is 0 Å². The van der Waals surface area contributed by atoms with Gasteiger partial charge in [-0.3, -0.25) is 0 Å². The van der Waals surface area contributed by atoms with Crippen LogP contribution in [-0.4, -0.2) is 22.3 Å². The van der Waals surface area contributed by atoms with Crippen molar-refractivity contribution < 1.29 is 0 Å². The van der Waals surface area contributed by atoms with E-state index in [2.05, 4.69) is 15.3 Å². The maximum atomic E-state index is 5.93. The van der Waals surface area contributed by atoms with Gasteiger partial charge in [-0.05, 0) is 24.3 Å². The van der Waals surface area contributed by atoms with Gasteiger partial charge in [0.15, 0.2) is 0 Å². The van der Waals surface area contributed by atoms with Crippen LogP contribution in [0, 0.1) is 0 Å². The quantitative estimate of drug-likeness (QED) is 0.669. The van der Waals surface area contributed by atoms with Crippen molar-refractivity contribution in [2.75, 3.05) is 17.6 Å². The second-order valence-corrected chi connectivity index (χ2v) is 5.46. The van der Waals surface area contributed by atoms with Crippen LogP contribution in [0.4, 0.5) is 5.82 Å². The van der Waals surface area contributed by atoms with E-state index in [0.717, 1.165) is 17.3 Å². The van der Waals surface area contributed by atoms with E-state index in [1.165, 1.54) is 11.2 Å². The summed E-state index contributed by atoms with van der Waals surface area (Å²) in [6.07, 6.45) is 3.05. The first-order chi connectivity index (χ1) is 8.75. The summed E-state index contributed by atoms with van der Waals surface area (Å²) in [5.74, 6) is 1.59. The predicted octanol–water partition coefficient (Wildman–Crippen LogP) is 3.99. The lowest BCUT2D eigenvalue weighted by atomic mass is 10.4. The minimum atomic E-state index is 0.536. The summed E-state index contributed by atoms with van der Waals surface area (Å²) < 4.78 is 0. The van der Waals surface area contributed by atoms with Crippen molar-refractivity contribution in [2.24, 2.45) is 0 Å². The summed E-state index contributed by atoms with van der Waals surface area (Å²) in [6, 6.07) is 7.78. The molecule has 1 N–H and O–H groups in total. The molecule has 0 aliphatic heterocycles. The largest absolute Gasteiger partial charge is 0.368 e. The minimum absolute atomic E-state index is 0.536. The number of halogens is 2. The van der Waals surface area contributed by atoms with Gasteiger partial charge in [-0.1, -0.05) is 23.2 Å². The molecular weight excluding hydrogens is 289 g/mol.